The molecule has 0 saturated heterocycles. The lowest BCUT2D eigenvalue weighted by Crippen LogP contribution is -2.32. The van der Waals surface area contributed by atoms with Gasteiger partial charge in [-0.15, -0.1) is 0 Å². The largest absolute Gasteiger partial charge is 0.381 e. The molecule has 0 bridgehead atoms. The van der Waals surface area contributed by atoms with E-state index in [1.54, 1.807) is 12.4 Å². The first-order chi connectivity index (χ1) is 14.8. The molecule has 4 rings (SSSR count). The Balaban J connectivity index is 1.57. The van der Waals surface area contributed by atoms with Crippen LogP contribution in [-0.2, 0) is 17.3 Å². The van der Waals surface area contributed by atoms with Gasteiger partial charge in [-0.25, -0.2) is 15.8 Å². The minimum absolute atomic E-state index is 0.129. The first kappa shape index (κ1) is 20.9. The number of anilines is 2. The summed E-state index contributed by atoms with van der Waals surface area (Å²) >= 11 is 0. The highest BCUT2D eigenvalue weighted by atomic mass is 31.2. The predicted octanol–water partition coefficient (Wildman–Crippen LogP) is 3.55. The van der Waals surface area contributed by atoms with Crippen LogP contribution in [0.25, 0.3) is 22.2 Å². The summed E-state index contributed by atoms with van der Waals surface area (Å²) in [5.74, 6) is 6.90. The number of benzene rings is 2. The second-order valence-corrected chi connectivity index (χ2v) is 9.95. The van der Waals surface area contributed by atoms with E-state index >= 15 is 0 Å². The summed E-state index contributed by atoms with van der Waals surface area (Å²) in [6, 6.07) is 17.1. The third-order valence-electron chi connectivity index (χ3n) is 4.80. The van der Waals surface area contributed by atoms with Crippen molar-refractivity contribution in [1.29, 1.82) is 0 Å². The van der Waals surface area contributed by atoms with Gasteiger partial charge < -0.3 is 10.6 Å². The van der Waals surface area contributed by atoms with Crippen LogP contribution in [0.5, 0.6) is 0 Å². The molecule has 0 saturated carbocycles. The van der Waals surface area contributed by atoms with E-state index in [0.29, 0.717) is 18.1 Å². The lowest BCUT2D eigenvalue weighted by molar-refractivity contribution is 0.484. The number of nitrogen functional groups attached to an aromatic ring is 1. The van der Waals surface area contributed by atoms with Crippen LogP contribution >= 0.6 is 7.37 Å². The van der Waals surface area contributed by atoms with Crippen molar-refractivity contribution in [3.05, 3.63) is 78.1 Å². The van der Waals surface area contributed by atoms with Crippen molar-refractivity contribution in [3.63, 3.8) is 0 Å². The average molecular weight is 434 g/mol. The lowest BCUT2D eigenvalue weighted by atomic mass is 10.1. The van der Waals surface area contributed by atoms with E-state index < -0.39 is 7.37 Å². The van der Waals surface area contributed by atoms with Gasteiger partial charge in [0.15, 0.2) is 11.6 Å². The fourth-order valence-electron chi connectivity index (χ4n) is 3.35. The van der Waals surface area contributed by atoms with Crippen LogP contribution in [0, 0.1) is 0 Å². The number of pyridine rings is 1. The van der Waals surface area contributed by atoms with Gasteiger partial charge in [-0.2, -0.15) is 0 Å². The molecule has 0 aliphatic carbocycles. The second-order valence-electron chi connectivity index (χ2n) is 7.53. The molecule has 8 nitrogen and oxygen atoms in total. The highest BCUT2D eigenvalue weighted by molar-refractivity contribution is 7.56. The maximum Gasteiger partial charge on any atom is 0.201 e. The molecule has 0 fully saturated rings. The van der Waals surface area contributed by atoms with E-state index in [2.05, 4.69) is 15.0 Å². The van der Waals surface area contributed by atoms with E-state index in [-0.39, 0.29) is 12.0 Å². The molecule has 0 radical (unpaired) electrons. The van der Waals surface area contributed by atoms with E-state index in [1.807, 2.05) is 54.6 Å². The molecule has 0 amide bonds. The van der Waals surface area contributed by atoms with Gasteiger partial charge in [-0.1, -0.05) is 36.4 Å². The Labute approximate surface area is 180 Å². The van der Waals surface area contributed by atoms with Crippen molar-refractivity contribution in [1.82, 2.24) is 15.0 Å². The zero-order chi connectivity index (χ0) is 22.0. The van der Waals surface area contributed by atoms with Crippen molar-refractivity contribution >= 4 is 29.9 Å². The third kappa shape index (κ3) is 5.06. The van der Waals surface area contributed by atoms with E-state index in [4.69, 9.17) is 11.6 Å². The molecule has 0 aliphatic rings. The molecule has 2 aromatic carbocycles. The standard InChI is InChI=1S/C22H23N6O2P/c1-31(29,30)14-15-4-7-17(8-5-15)20-12-26-21(23)22(27-20)28(24)13-16-6-9-19-18(11-16)3-2-10-25-19/h2-12H,13-14,24H2,1H3,(H2,23,26)(H,29,30). The molecule has 1 unspecified atom stereocenters. The second kappa shape index (κ2) is 8.43. The zero-order valence-electron chi connectivity index (χ0n) is 17.0. The van der Waals surface area contributed by atoms with Crippen molar-refractivity contribution < 1.29 is 9.46 Å². The number of hydrogen-bond acceptors (Lipinski definition) is 7. The minimum atomic E-state index is -3.12. The molecule has 9 heteroatoms. The third-order valence-corrected chi connectivity index (χ3v) is 5.75. The van der Waals surface area contributed by atoms with E-state index in [0.717, 1.165) is 27.6 Å². The topological polar surface area (TPSA) is 131 Å². The lowest BCUT2D eigenvalue weighted by Gasteiger charge is -2.19. The normalized spacial score (nSPS) is 13.1. The number of rotatable bonds is 6. The fourth-order valence-corrected chi connectivity index (χ4v) is 4.24. The predicted molar refractivity (Wildman–Crippen MR) is 123 cm³/mol. The Morgan fingerprint density at radius 2 is 1.81 bits per heavy atom. The van der Waals surface area contributed by atoms with Crippen LogP contribution in [-0.4, -0.2) is 26.5 Å². The molecule has 0 spiro atoms. The molecule has 5 N–H and O–H groups in total. The molecule has 2 aromatic heterocycles. The van der Waals surface area contributed by atoms with Crippen LogP contribution in [0.4, 0.5) is 11.6 Å². The van der Waals surface area contributed by atoms with Gasteiger partial charge >= 0.3 is 0 Å². The Bertz CT molecular complexity index is 1270. The van der Waals surface area contributed by atoms with Gasteiger partial charge in [-0.05, 0) is 29.3 Å². The fraction of sp³-hybridized carbons (Fsp3) is 0.136. The SMILES string of the molecule is CP(=O)(O)Cc1ccc(-c2cnc(N)c(N(N)Cc3ccc4ncccc4c3)n2)cc1. The van der Waals surface area contributed by atoms with Crippen LogP contribution in [0.1, 0.15) is 11.1 Å². The van der Waals surface area contributed by atoms with Gasteiger partial charge in [0.25, 0.3) is 0 Å². The first-order valence-electron chi connectivity index (χ1n) is 9.65. The molecule has 0 aliphatic heterocycles. The van der Waals surface area contributed by atoms with Crippen molar-refractivity contribution in [2.45, 2.75) is 12.7 Å². The van der Waals surface area contributed by atoms with Gasteiger partial charge in [0.1, 0.15) is 0 Å². The molecule has 2 heterocycles. The molecule has 4 aromatic rings. The monoisotopic (exact) mass is 434 g/mol. The molecule has 158 valence electrons. The number of fused-ring (bicyclic) bond motifs is 1. The van der Waals surface area contributed by atoms with Gasteiger partial charge in [-0.3, -0.25) is 14.6 Å². The summed E-state index contributed by atoms with van der Waals surface area (Å²) in [6.07, 6.45) is 3.47. The van der Waals surface area contributed by atoms with Crippen molar-refractivity contribution in [2.75, 3.05) is 17.4 Å². The van der Waals surface area contributed by atoms with Crippen LogP contribution in [0.2, 0.25) is 0 Å². The number of nitrogens with zero attached hydrogens (tertiary/aromatic N) is 4. The summed E-state index contributed by atoms with van der Waals surface area (Å²) in [7, 11) is -3.12. The number of aromatic nitrogens is 3. The molecule has 1 atom stereocenters. The Morgan fingerprint density at radius 1 is 1.06 bits per heavy atom. The van der Waals surface area contributed by atoms with E-state index in [1.165, 1.54) is 11.7 Å². The van der Waals surface area contributed by atoms with Crippen LogP contribution in [0.3, 0.4) is 0 Å². The van der Waals surface area contributed by atoms with Crippen molar-refractivity contribution in [2.24, 2.45) is 5.84 Å². The number of nitrogens with two attached hydrogens (primary N) is 2. The highest BCUT2D eigenvalue weighted by Crippen LogP contribution is 2.39. The summed E-state index contributed by atoms with van der Waals surface area (Å²) in [6.45, 7) is 1.74. The quantitative estimate of drug-likeness (QED) is 0.238. The minimum Gasteiger partial charge on any atom is -0.381 e. The Morgan fingerprint density at radius 3 is 2.55 bits per heavy atom. The first-order valence-corrected chi connectivity index (χ1v) is 11.9. The highest BCUT2D eigenvalue weighted by Gasteiger charge is 2.14. The smallest absolute Gasteiger partial charge is 0.201 e. The van der Waals surface area contributed by atoms with Gasteiger partial charge in [0, 0.05) is 30.0 Å². The van der Waals surface area contributed by atoms with Crippen molar-refractivity contribution in [3.8, 4) is 11.3 Å². The maximum atomic E-state index is 11.6. The van der Waals surface area contributed by atoms with Gasteiger partial charge in [0.2, 0.25) is 7.37 Å². The average Bonchev–Trinajstić information content (AvgIpc) is 2.73. The maximum absolute atomic E-state index is 11.6. The Hall–Kier alpha value is -3.32. The summed E-state index contributed by atoms with van der Waals surface area (Å²) < 4.78 is 11.6. The number of hydrazine groups is 1. The summed E-state index contributed by atoms with van der Waals surface area (Å²) in [5.41, 5.74) is 10.2. The molecular formula is C22H23N6O2P. The van der Waals surface area contributed by atoms with Crippen LogP contribution < -0.4 is 16.6 Å². The molecule has 31 heavy (non-hydrogen) atoms. The zero-order valence-corrected chi connectivity index (χ0v) is 17.9. The summed E-state index contributed by atoms with van der Waals surface area (Å²) in [5, 5.41) is 2.50. The van der Waals surface area contributed by atoms with Crippen LogP contribution in [0.15, 0.2) is 67.0 Å². The molecular weight excluding hydrogens is 411 g/mol. The Kier molecular flexibility index (Phi) is 5.69. The van der Waals surface area contributed by atoms with Gasteiger partial charge in [0.05, 0.1) is 24.0 Å². The van der Waals surface area contributed by atoms with E-state index in [9.17, 15) is 9.46 Å². The summed E-state index contributed by atoms with van der Waals surface area (Å²) in [4.78, 5) is 22.7. The number of hydrogen-bond donors (Lipinski definition) is 3.